The normalized spacial score (nSPS) is 11.1. The zero-order chi connectivity index (χ0) is 9.94. The number of unbranched alkanes of at least 4 members (excludes halogenated alkanes) is 2. The molecule has 0 unspecified atom stereocenters. The Morgan fingerprint density at radius 3 is 1.85 bits per heavy atom. The Labute approximate surface area is 85.4 Å². The molecule has 0 amide bonds. The lowest BCUT2D eigenvalue weighted by molar-refractivity contribution is 0.841. The lowest BCUT2D eigenvalue weighted by Gasteiger charge is -2.16. The zero-order valence-corrected chi connectivity index (χ0v) is 10.5. The molecule has 1 N–H and O–H groups in total. The summed E-state index contributed by atoms with van der Waals surface area (Å²) in [6.45, 7) is 5.82. The second-order valence-electron chi connectivity index (χ2n) is 3.65. The summed E-state index contributed by atoms with van der Waals surface area (Å²) in [5.41, 5.74) is 0. The van der Waals surface area contributed by atoms with Gasteiger partial charge in [0.25, 0.3) is 0 Å². The minimum atomic E-state index is 0.359. The van der Waals surface area contributed by atoms with Crippen molar-refractivity contribution >= 4 is 7.92 Å². The molecular formula is C11H26NP. The molecule has 0 atom stereocenters. The zero-order valence-electron chi connectivity index (χ0n) is 9.60. The second kappa shape index (κ2) is 10.5. The topological polar surface area (TPSA) is 12.0 Å². The van der Waals surface area contributed by atoms with Crippen LogP contribution in [0.1, 0.15) is 39.5 Å². The first-order valence-corrected chi connectivity index (χ1v) is 7.61. The molecule has 13 heavy (non-hydrogen) atoms. The summed E-state index contributed by atoms with van der Waals surface area (Å²) in [6.07, 6.45) is 10.1. The maximum absolute atomic E-state index is 3.27. The van der Waals surface area contributed by atoms with E-state index in [0.717, 1.165) is 0 Å². The van der Waals surface area contributed by atoms with Crippen molar-refractivity contribution in [3.8, 4) is 0 Å². The van der Waals surface area contributed by atoms with Crippen LogP contribution in [-0.4, -0.2) is 32.1 Å². The van der Waals surface area contributed by atoms with Gasteiger partial charge in [-0.15, -0.1) is 7.92 Å². The highest BCUT2D eigenvalue weighted by Gasteiger charge is 2.05. The van der Waals surface area contributed by atoms with Gasteiger partial charge in [-0.3, -0.25) is 0 Å². The van der Waals surface area contributed by atoms with Gasteiger partial charge in [-0.2, -0.15) is 0 Å². The van der Waals surface area contributed by atoms with E-state index in [4.69, 9.17) is 0 Å². The van der Waals surface area contributed by atoms with Crippen LogP contribution in [0.15, 0.2) is 0 Å². The third kappa shape index (κ3) is 8.71. The number of nitrogens with one attached hydrogen (secondary N) is 1. The minimum absolute atomic E-state index is 0.359. The summed E-state index contributed by atoms with van der Waals surface area (Å²) < 4.78 is 0. The van der Waals surface area contributed by atoms with E-state index in [-0.39, 0.29) is 0 Å². The Bertz CT molecular complexity index is 77.1. The number of hydrogen-bond donors (Lipinski definition) is 1. The molecular weight excluding hydrogens is 177 g/mol. The third-order valence-corrected chi connectivity index (χ3v) is 5.09. The highest BCUT2D eigenvalue weighted by Crippen LogP contribution is 2.36. The molecule has 0 saturated heterocycles. The van der Waals surface area contributed by atoms with Gasteiger partial charge in [-0.1, -0.05) is 26.7 Å². The van der Waals surface area contributed by atoms with E-state index < -0.39 is 0 Å². The second-order valence-corrected chi connectivity index (χ2v) is 6.34. The van der Waals surface area contributed by atoms with E-state index in [1.165, 1.54) is 50.7 Å². The predicted molar refractivity (Wildman–Crippen MR) is 65.3 cm³/mol. The van der Waals surface area contributed by atoms with Crippen LogP contribution in [0.5, 0.6) is 0 Å². The fourth-order valence-corrected chi connectivity index (χ4v) is 4.11. The van der Waals surface area contributed by atoms with Gasteiger partial charge < -0.3 is 5.32 Å². The molecule has 0 radical (unpaired) electrons. The molecule has 0 fully saturated rings. The highest BCUT2D eigenvalue weighted by molar-refractivity contribution is 7.57. The number of hydrogen-bond acceptors (Lipinski definition) is 1. The standard InChI is InChI=1S/C11H26NP/c1-4-6-9-13(10-7-5-2)11-8-12-3/h12H,4-11H2,1-3H3. The van der Waals surface area contributed by atoms with Gasteiger partial charge in [-0.05, 0) is 44.9 Å². The maximum atomic E-state index is 3.27. The first kappa shape index (κ1) is 13.4. The fraction of sp³-hybridized carbons (Fsp3) is 1.00. The average Bonchev–Trinajstić information content (AvgIpc) is 2.17. The lowest BCUT2D eigenvalue weighted by Crippen LogP contribution is -2.12. The van der Waals surface area contributed by atoms with Gasteiger partial charge in [0.15, 0.2) is 0 Å². The summed E-state index contributed by atoms with van der Waals surface area (Å²) in [5.74, 6) is 0. The smallest absolute Gasteiger partial charge is 0.00125 e. The van der Waals surface area contributed by atoms with E-state index in [9.17, 15) is 0 Å². The van der Waals surface area contributed by atoms with Crippen molar-refractivity contribution in [2.75, 3.05) is 32.1 Å². The van der Waals surface area contributed by atoms with Crippen LogP contribution in [0, 0.1) is 0 Å². The first-order chi connectivity index (χ1) is 6.35. The van der Waals surface area contributed by atoms with Crippen LogP contribution in [0.25, 0.3) is 0 Å². The predicted octanol–water partition coefficient (Wildman–Crippen LogP) is 3.29. The van der Waals surface area contributed by atoms with Crippen LogP contribution in [0.4, 0.5) is 0 Å². The summed E-state index contributed by atoms with van der Waals surface area (Å²) in [5, 5.41) is 3.27. The monoisotopic (exact) mass is 203 g/mol. The quantitative estimate of drug-likeness (QED) is 0.567. The SMILES string of the molecule is CCCCP(CCCC)CCNC. The Balaban J connectivity index is 3.47. The van der Waals surface area contributed by atoms with E-state index in [1.54, 1.807) is 0 Å². The molecule has 0 aliphatic carbocycles. The molecule has 0 rings (SSSR count). The minimum Gasteiger partial charge on any atom is -0.319 e. The van der Waals surface area contributed by atoms with E-state index in [2.05, 4.69) is 26.2 Å². The maximum Gasteiger partial charge on any atom is -0.00125 e. The summed E-state index contributed by atoms with van der Waals surface area (Å²) in [7, 11) is 2.42. The van der Waals surface area contributed by atoms with Crippen molar-refractivity contribution in [2.45, 2.75) is 39.5 Å². The first-order valence-electron chi connectivity index (χ1n) is 5.72. The van der Waals surface area contributed by atoms with E-state index in [1.807, 2.05) is 0 Å². The summed E-state index contributed by atoms with van der Waals surface area (Å²) in [4.78, 5) is 0. The molecule has 0 aromatic carbocycles. The molecule has 0 aliphatic heterocycles. The largest absolute Gasteiger partial charge is 0.319 e. The van der Waals surface area contributed by atoms with Gasteiger partial charge >= 0.3 is 0 Å². The Hall–Kier alpha value is 0.390. The molecule has 0 bridgehead atoms. The molecule has 1 nitrogen and oxygen atoms in total. The van der Waals surface area contributed by atoms with E-state index >= 15 is 0 Å². The third-order valence-electron chi connectivity index (χ3n) is 2.33. The molecule has 0 heterocycles. The molecule has 0 aromatic heterocycles. The fourth-order valence-electron chi connectivity index (χ4n) is 1.37. The Morgan fingerprint density at radius 2 is 1.46 bits per heavy atom. The van der Waals surface area contributed by atoms with Crippen molar-refractivity contribution in [1.29, 1.82) is 0 Å². The molecule has 0 saturated carbocycles. The van der Waals surface area contributed by atoms with Crippen LogP contribution >= 0.6 is 7.92 Å². The Morgan fingerprint density at radius 1 is 0.923 bits per heavy atom. The summed E-state index contributed by atoms with van der Waals surface area (Å²) >= 11 is 0. The van der Waals surface area contributed by atoms with E-state index in [0.29, 0.717) is 7.92 Å². The van der Waals surface area contributed by atoms with Crippen molar-refractivity contribution in [1.82, 2.24) is 5.32 Å². The molecule has 0 aromatic rings. The van der Waals surface area contributed by atoms with Crippen molar-refractivity contribution < 1.29 is 0 Å². The average molecular weight is 203 g/mol. The highest BCUT2D eigenvalue weighted by atomic mass is 31.1. The van der Waals surface area contributed by atoms with Gasteiger partial charge in [0.2, 0.25) is 0 Å². The van der Waals surface area contributed by atoms with Crippen molar-refractivity contribution in [3.63, 3.8) is 0 Å². The van der Waals surface area contributed by atoms with Crippen LogP contribution in [0.2, 0.25) is 0 Å². The number of rotatable bonds is 9. The van der Waals surface area contributed by atoms with Crippen LogP contribution in [-0.2, 0) is 0 Å². The Kier molecular flexibility index (Phi) is 10.8. The van der Waals surface area contributed by atoms with Crippen molar-refractivity contribution in [3.05, 3.63) is 0 Å². The molecule has 2 heteroatoms. The van der Waals surface area contributed by atoms with Crippen molar-refractivity contribution in [2.24, 2.45) is 0 Å². The molecule has 80 valence electrons. The van der Waals surface area contributed by atoms with Crippen LogP contribution in [0.3, 0.4) is 0 Å². The van der Waals surface area contributed by atoms with Gasteiger partial charge in [-0.25, -0.2) is 0 Å². The molecule has 0 spiro atoms. The van der Waals surface area contributed by atoms with Gasteiger partial charge in [0, 0.05) is 0 Å². The van der Waals surface area contributed by atoms with Gasteiger partial charge in [0.1, 0.15) is 0 Å². The lowest BCUT2D eigenvalue weighted by atomic mass is 10.4. The summed E-state index contributed by atoms with van der Waals surface area (Å²) in [6, 6.07) is 0. The van der Waals surface area contributed by atoms with Gasteiger partial charge in [0.05, 0.1) is 0 Å². The molecule has 0 aliphatic rings. The van der Waals surface area contributed by atoms with Crippen LogP contribution < -0.4 is 5.32 Å².